The van der Waals surface area contributed by atoms with E-state index in [1.807, 2.05) is 18.2 Å². The van der Waals surface area contributed by atoms with Crippen LogP contribution in [0.1, 0.15) is 24.8 Å². The first-order chi connectivity index (χ1) is 8.20. The third kappa shape index (κ3) is 3.51. The van der Waals surface area contributed by atoms with Crippen LogP contribution >= 0.6 is 34.8 Å². The fourth-order valence-corrected chi connectivity index (χ4v) is 3.05. The number of piperidine rings is 1. The third-order valence-electron chi connectivity index (χ3n) is 3.31. The molecule has 1 fully saturated rings. The molecule has 1 aromatic carbocycles. The van der Waals surface area contributed by atoms with E-state index in [-0.39, 0.29) is 0 Å². The maximum Gasteiger partial charge on any atom is 0.0452 e. The third-order valence-corrected chi connectivity index (χ3v) is 4.27. The van der Waals surface area contributed by atoms with Crippen molar-refractivity contribution in [3.05, 3.63) is 33.8 Å². The zero-order chi connectivity index (χ0) is 12.3. The van der Waals surface area contributed by atoms with Crippen molar-refractivity contribution in [2.24, 2.45) is 0 Å². The van der Waals surface area contributed by atoms with E-state index < -0.39 is 0 Å². The molecule has 0 amide bonds. The number of nitrogens with zero attached hydrogens (tertiary/aromatic N) is 1. The number of hydrogen-bond donors (Lipinski definition) is 0. The lowest BCUT2D eigenvalue weighted by Crippen LogP contribution is -2.40. The molecule has 94 valence electrons. The van der Waals surface area contributed by atoms with E-state index in [4.69, 9.17) is 34.8 Å². The summed E-state index contributed by atoms with van der Waals surface area (Å²) in [6, 6.07) is 6.10. The van der Waals surface area contributed by atoms with Gasteiger partial charge in [0.1, 0.15) is 0 Å². The Hall–Kier alpha value is 0.0500. The monoisotopic (exact) mass is 291 g/mol. The molecular weight excluding hydrogens is 277 g/mol. The molecule has 0 bridgehead atoms. The lowest BCUT2D eigenvalue weighted by Gasteiger charge is -2.34. The number of likely N-dealkylation sites (tertiary alicyclic amines) is 1. The quantitative estimate of drug-likeness (QED) is 0.737. The Morgan fingerprint density at radius 3 is 2.82 bits per heavy atom. The fourth-order valence-electron chi connectivity index (χ4n) is 2.33. The van der Waals surface area contributed by atoms with E-state index >= 15 is 0 Å². The van der Waals surface area contributed by atoms with Crippen LogP contribution in [0.25, 0.3) is 0 Å². The zero-order valence-corrected chi connectivity index (χ0v) is 11.9. The van der Waals surface area contributed by atoms with Crippen molar-refractivity contribution in [2.75, 3.05) is 12.4 Å². The second-order valence-corrected chi connectivity index (χ2v) is 5.66. The Labute approximate surface area is 118 Å². The number of halogens is 3. The molecule has 0 saturated carbocycles. The molecule has 4 heteroatoms. The molecule has 0 aliphatic carbocycles. The molecule has 17 heavy (non-hydrogen) atoms. The second-order valence-electron chi connectivity index (χ2n) is 4.51. The molecule has 1 aliphatic heterocycles. The predicted molar refractivity (Wildman–Crippen MR) is 75.2 cm³/mol. The normalized spacial score (nSPS) is 21.7. The number of alkyl halides is 1. The molecule has 1 aliphatic rings. The Morgan fingerprint density at radius 1 is 1.24 bits per heavy atom. The molecule has 0 aromatic heterocycles. The van der Waals surface area contributed by atoms with Gasteiger partial charge in [-0.05, 0) is 43.1 Å². The first-order valence-electron chi connectivity index (χ1n) is 5.94. The zero-order valence-electron chi connectivity index (χ0n) is 9.63. The van der Waals surface area contributed by atoms with E-state index in [2.05, 4.69) is 4.90 Å². The Kier molecular flexibility index (Phi) is 4.98. The maximum absolute atomic E-state index is 6.19. The van der Waals surface area contributed by atoms with Crippen molar-refractivity contribution in [2.45, 2.75) is 31.8 Å². The average Bonchev–Trinajstić information content (AvgIpc) is 2.34. The number of rotatable bonds is 3. The molecule has 2 rings (SSSR count). The summed E-state index contributed by atoms with van der Waals surface area (Å²) in [5.41, 5.74) is 1.09. The molecule has 1 aromatic rings. The van der Waals surface area contributed by atoms with E-state index in [1.165, 1.54) is 19.3 Å². The molecule has 0 spiro atoms. The minimum absolute atomic E-state index is 0.473. The Morgan fingerprint density at radius 2 is 2.06 bits per heavy atom. The van der Waals surface area contributed by atoms with Crippen molar-refractivity contribution < 1.29 is 0 Å². The van der Waals surface area contributed by atoms with Crippen LogP contribution in [-0.4, -0.2) is 23.4 Å². The van der Waals surface area contributed by atoms with Gasteiger partial charge in [0.15, 0.2) is 0 Å². The minimum Gasteiger partial charge on any atom is -0.295 e. The van der Waals surface area contributed by atoms with E-state index in [9.17, 15) is 0 Å². The topological polar surface area (TPSA) is 3.24 Å². The van der Waals surface area contributed by atoms with E-state index in [0.29, 0.717) is 11.9 Å². The van der Waals surface area contributed by atoms with Crippen molar-refractivity contribution in [3.8, 4) is 0 Å². The summed E-state index contributed by atoms with van der Waals surface area (Å²) < 4.78 is 0. The van der Waals surface area contributed by atoms with Crippen LogP contribution in [0, 0.1) is 0 Å². The van der Waals surface area contributed by atoms with Gasteiger partial charge in [0.2, 0.25) is 0 Å². The summed E-state index contributed by atoms with van der Waals surface area (Å²) in [6.07, 6.45) is 3.70. The van der Waals surface area contributed by atoms with Gasteiger partial charge < -0.3 is 0 Å². The second kappa shape index (κ2) is 6.29. The molecular formula is C13H16Cl3N. The average molecular weight is 293 g/mol. The van der Waals surface area contributed by atoms with Gasteiger partial charge in [0.25, 0.3) is 0 Å². The van der Waals surface area contributed by atoms with Crippen LogP contribution in [0.5, 0.6) is 0 Å². The van der Waals surface area contributed by atoms with Gasteiger partial charge in [-0.2, -0.15) is 0 Å². The Bertz CT molecular complexity index is 381. The van der Waals surface area contributed by atoms with Crippen LogP contribution in [0.4, 0.5) is 0 Å². The lowest BCUT2D eigenvalue weighted by atomic mass is 10.0. The smallest absolute Gasteiger partial charge is 0.0452 e. The van der Waals surface area contributed by atoms with Crippen LogP contribution in [0.2, 0.25) is 10.0 Å². The largest absolute Gasteiger partial charge is 0.295 e. The molecule has 1 atom stereocenters. The predicted octanol–water partition coefficient (Wildman–Crippen LogP) is 4.59. The summed E-state index contributed by atoms with van der Waals surface area (Å²) >= 11 is 18.2. The summed E-state index contributed by atoms with van der Waals surface area (Å²) in [6.45, 7) is 1.94. The number of benzene rings is 1. The molecule has 0 radical (unpaired) electrons. The molecule has 1 saturated heterocycles. The van der Waals surface area contributed by atoms with Crippen molar-refractivity contribution in [3.63, 3.8) is 0 Å². The highest BCUT2D eigenvalue weighted by molar-refractivity contribution is 6.33. The summed E-state index contributed by atoms with van der Waals surface area (Å²) in [4.78, 5) is 2.41. The lowest BCUT2D eigenvalue weighted by molar-refractivity contribution is 0.155. The van der Waals surface area contributed by atoms with Gasteiger partial charge in [0, 0.05) is 28.5 Å². The standard InChI is InChI=1S/C13H16Cl3N/c14-8-12-3-1-2-6-17(12)9-10-7-11(15)4-5-13(10)16/h4-5,7,12H,1-3,6,8-9H2. The van der Waals surface area contributed by atoms with Gasteiger partial charge in [0.05, 0.1) is 0 Å². The SMILES string of the molecule is ClCC1CCCCN1Cc1cc(Cl)ccc1Cl. The molecule has 1 unspecified atom stereocenters. The van der Waals surface area contributed by atoms with E-state index in [1.54, 1.807) is 0 Å². The van der Waals surface area contributed by atoms with Gasteiger partial charge in [-0.1, -0.05) is 29.6 Å². The highest BCUT2D eigenvalue weighted by atomic mass is 35.5. The van der Waals surface area contributed by atoms with Crippen molar-refractivity contribution in [1.29, 1.82) is 0 Å². The molecule has 0 N–H and O–H groups in total. The van der Waals surface area contributed by atoms with Crippen LogP contribution in [-0.2, 0) is 6.54 Å². The number of hydrogen-bond acceptors (Lipinski definition) is 1. The fraction of sp³-hybridized carbons (Fsp3) is 0.538. The van der Waals surface area contributed by atoms with Crippen LogP contribution in [0.15, 0.2) is 18.2 Å². The highest BCUT2D eigenvalue weighted by Crippen LogP contribution is 2.26. The minimum atomic E-state index is 0.473. The van der Waals surface area contributed by atoms with Crippen LogP contribution in [0.3, 0.4) is 0 Å². The van der Waals surface area contributed by atoms with Gasteiger partial charge in [-0.15, -0.1) is 11.6 Å². The van der Waals surface area contributed by atoms with Crippen molar-refractivity contribution >= 4 is 34.8 Å². The van der Waals surface area contributed by atoms with Crippen molar-refractivity contribution in [1.82, 2.24) is 4.90 Å². The first kappa shape index (κ1) is 13.5. The molecule has 1 nitrogen and oxygen atoms in total. The maximum atomic E-state index is 6.19. The first-order valence-corrected chi connectivity index (χ1v) is 7.23. The molecule has 1 heterocycles. The van der Waals surface area contributed by atoms with Gasteiger partial charge >= 0.3 is 0 Å². The summed E-state index contributed by atoms with van der Waals surface area (Å²) in [5.74, 6) is 0.693. The van der Waals surface area contributed by atoms with Gasteiger partial charge in [-0.3, -0.25) is 4.90 Å². The summed E-state index contributed by atoms with van der Waals surface area (Å²) in [7, 11) is 0. The van der Waals surface area contributed by atoms with Crippen LogP contribution < -0.4 is 0 Å². The highest BCUT2D eigenvalue weighted by Gasteiger charge is 2.22. The summed E-state index contributed by atoms with van der Waals surface area (Å²) in [5, 5.41) is 1.53. The van der Waals surface area contributed by atoms with E-state index in [0.717, 1.165) is 28.7 Å². The Balaban J connectivity index is 2.10. The van der Waals surface area contributed by atoms with Gasteiger partial charge in [-0.25, -0.2) is 0 Å².